The molecule has 3 fully saturated rings. The molecule has 2 aliphatic heterocycles. The average Bonchev–Trinajstić information content (AvgIpc) is 2.91. The molecule has 3 heterocycles. The molecule has 1 saturated carbocycles. The van der Waals surface area contributed by atoms with E-state index in [2.05, 4.69) is 27.0 Å². The van der Waals surface area contributed by atoms with Crippen LogP contribution < -0.4 is 5.32 Å². The Morgan fingerprint density at radius 1 is 1.11 bits per heavy atom. The molecule has 1 N–H and O–H groups in total. The Kier molecular flexibility index (Phi) is 5.14. The standard InChI is InChI=1S/C20H29N5O2/c1-16-4-2-3-7-20(16)18(26)25(19(27)22-20)15-24-12-10-23(11-13-24)14-17-5-8-21-9-6-17/h5-6,8-9,16H,2-4,7,10-15H2,1H3,(H,22,27)/t16-,20+/m0/s1. The van der Waals surface area contributed by atoms with Gasteiger partial charge in [-0.2, -0.15) is 0 Å². The predicted octanol–water partition coefficient (Wildman–Crippen LogP) is 1.66. The Bertz CT molecular complexity index is 689. The van der Waals surface area contributed by atoms with Crippen LogP contribution in [0.15, 0.2) is 24.5 Å². The second kappa shape index (κ2) is 7.56. The fourth-order valence-corrected chi connectivity index (χ4v) is 4.66. The van der Waals surface area contributed by atoms with Gasteiger partial charge in [-0.3, -0.25) is 19.6 Å². The summed E-state index contributed by atoms with van der Waals surface area (Å²) in [6.07, 6.45) is 7.59. The van der Waals surface area contributed by atoms with Gasteiger partial charge in [0, 0.05) is 45.1 Å². The number of urea groups is 1. The predicted molar refractivity (Wildman–Crippen MR) is 102 cm³/mol. The fraction of sp³-hybridized carbons (Fsp3) is 0.650. The van der Waals surface area contributed by atoms with Crippen molar-refractivity contribution in [1.29, 1.82) is 0 Å². The number of carbonyl (C=O) groups excluding carboxylic acids is 2. The first kappa shape index (κ1) is 18.4. The molecular formula is C20H29N5O2. The van der Waals surface area contributed by atoms with Crippen LogP contribution >= 0.6 is 0 Å². The number of nitrogens with zero attached hydrogens (tertiary/aromatic N) is 4. The molecule has 27 heavy (non-hydrogen) atoms. The van der Waals surface area contributed by atoms with Crippen LogP contribution in [0, 0.1) is 5.92 Å². The summed E-state index contributed by atoms with van der Waals surface area (Å²) < 4.78 is 0. The van der Waals surface area contributed by atoms with Crippen molar-refractivity contribution >= 4 is 11.9 Å². The second-order valence-electron chi connectivity index (χ2n) is 8.17. The molecule has 3 amide bonds. The van der Waals surface area contributed by atoms with Crippen molar-refractivity contribution in [2.24, 2.45) is 5.92 Å². The first-order chi connectivity index (χ1) is 13.1. The highest BCUT2D eigenvalue weighted by molar-refractivity contribution is 6.07. The molecule has 3 aliphatic rings. The summed E-state index contributed by atoms with van der Waals surface area (Å²) in [5.41, 5.74) is 0.610. The van der Waals surface area contributed by atoms with Gasteiger partial charge in [-0.25, -0.2) is 9.69 Å². The number of rotatable bonds is 4. The Balaban J connectivity index is 1.32. The Morgan fingerprint density at radius 3 is 2.52 bits per heavy atom. The van der Waals surface area contributed by atoms with E-state index in [1.54, 1.807) is 0 Å². The Hall–Kier alpha value is -1.99. The van der Waals surface area contributed by atoms with Crippen molar-refractivity contribution in [2.75, 3.05) is 32.8 Å². The highest BCUT2D eigenvalue weighted by Crippen LogP contribution is 2.38. The molecule has 1 spiro atoms. The van der Waals surface area contributed by atoms with Gasteiger partial charge in [-0.1, -0.05) is 19.8 Å². The number of aromatic nitrogens is 1. The van der Waals surface area contributed by atoms with Crippen molar-refractivity contribution < 1.29 is 9.59 Å². The summed E-state index contributed by atoms with van der Waals surface area (Å²) in [5, 5.41) is 3.04. The van der Waals surface area contributed by atoms with Crippen LogP contribution in [-0.2, 0) is 11.3 Å². The lowest BCUT2D eigenvalue weighted by atomic mass is 9.73. The van der Waals surface area contributed by atoms with E-state index in [1.165, 1.54) is 10.5 Å². The summed E-state index contributed by atoms with van der Waals surface area (Å²) >= 11 is 0. The molecule has 7 heteroatoms. The highest BCUT2D eigenvalue weighted by atomic mass is 16.2. The monoisotopic (exact) mass is 371 g/mol. The topological polar surface area (TPSA) is 68.8 Å². The molecule has 0 aromatic carbocycles. The summed E-state index contributed by atoms with van der Waals surface area (Å²) in [6, 6.07) is 3.88. The van der Waals surface area contributed by atoms with E-state index in [0.29, 0.717) is 6.67 Å². The summed E-state index contributed by atoms with van der Waals surface area (Å²) in [6.45, 7) is 7.03. The van der Waals surface area contributed by atoms with Crippen LogP contribution in [0.2, 0.25) is 0 Å². The number of imide groups is 1. The number of amides is 3. The van der Waals surface area contributed by atoms with Gasteiger partial charge < -0.3 is 5.32 Å². The first-order valence-electron chi connectivity index (χ1n) is 10.1. The maximum atomic E-state index is 13.1. The third kappa shape index (κ3) is 3.58. The minimum Gasteiger partial charge on any atom is -0.323 e. The van der Waals surface area contributed by atoms with E-state index in [9.17, 15) is 9.59 Å². The van der Waals surface area contributed by atoms with Crippen LogP contribution in [0.1, 0.15) is 38.2 Å². The SMILES string of the molecule is C[C@H]1CCCC[C@@]12NC(=O)N(CN1CCN(Cc3ccncc3)CC1)C2=O. The van der Waals surface area contributed by atoms with Gasteiger partial charge in [0.1, 0.15) is 5.54 Å². The van der Waals surface area contributed by atoms with Crippen molar-refractivity contribution in [3.05, 3.63) is 30.1 Å². The van der Waals surface area contributed by atoms with Crippen LogP contribution in [-0.4, -0.2) is 70.0 Å². The van der Waals surface area contributed by atoms with E-state index in [-0.39, 0.29) is 17.9 Å². The van der Waals surface area contributed by atoms with Gasteiger partial charge >= 0.3 is 6.03 Å². The minimum absolute atomic E-state index is 0.0149. The van der Waals surface area contributed by atoms with Gasteiger partial charge in [0.15, 0.2) is 0 Å². The first-order valence-corrected chi connectivity index (χ1v) is 10.1. The fourth-order valence-electron chi connectivity index (χ4n) is 4.66. The van der Waals surface area contributed by atoms with Gasteiger partial charge in [0.05, 0.1) is 6.67 Å². The molecule has 7 nitrogen and oxygen atoms in total. The molecule has 1 aliphatic carbocycles. The lowest BCUT2D eigenvalue weighted by molar-refractivity contribution is -0.136. The van der Waals surface area contributed by atoms with E-state index in [0.717, 1.165) is 58.4 Å². The number of pyridine rings is 1. The quantitative estimate of drug-likeness (QED) is 0.815. The maximum absolute atomic E-state index is 13.1. The van der Waals surface area contributed by atoms with Gasteiger partial charge in [-0.05, 0) is 36.5 Å². The molecular weight excluding hydrogens is 342 g/mol. The molecule has 4 rings (SSSR count). The molecule has 2 atom stereocenters. The maximum Gasteiger partial charge on any atom is 0.326 e. The lowest BCUT2D eigenvalue weighted by Gasteiger charge is -2.38. The molecule has 0 radical (unpaired) electrons. The number of hydrogen-bond donors (Lipinski definition) is 1. The molecule has 0 bridgehead atoms. The van der Waals surface area contributed by atoms with Crippen LogP contribution in [0.25, 0.3) is 0 Å². The van der Waals surface area contributed by atoms with Gasteiger partial charge in [0.2, 0.25) is 0 Å². The van der Waals surface area contributed by atoms with Gasteiger partial charge in [0.25, 0.3) is 5.91 Å². The van der Waals surface area contributed by atoms with E-state index in [1.807, 2.05) is 24.5 Å². The van der Waals surface area contributed by atoms with Crippen molar-refractivity contribution in [3.63, 3.8) is 0 Å². The molecule has 1 aromatic heterocycles. The largest absolute Gasteiger partial charge is 0.326 e. The smallest absolute Gasteiger partial charge is 0.323 e. The Labute approximate surface area is 160 Å². The number of piperazine rings is 1. The van der Waals surface area contributed by atoms with Crippen LogP contribution in [0.4, 0.5) is 4.79 Å². The van der Waals surface area contributed by atoms with Gasteiger partial charge in [-0.15, -0.1) is 0 Å². The summed E-state index contributed by atoms with van der Waals surface area (Å²) in [4.78, 5) is 35.7. The number of nitrogens with one attached hydrogen (secondary N) is 1. The summed E-state index contributed by atoms with van der Waals surface area (Å²) in [7, 11) is 0. The zero-order valence-electron chi connectivity index (χ0n) is 16.1. The highest BCUT2D eigenvalue weighted by Gasteiger charge is 2.55. The average molecular weight is 371 g/mol. The number of carbonyl (C=O) groups is 2. The second-order valence-corrected chi connectivity index (χ2v) is 8.17. The zero-order valence-corrected chi connectivity index (χ0v) is 16.1. The minimum atomic E-state index is -0.654. The number of hydrogen-bond acceptors (Lipinski definition) is 5. The molecule has 146 valence electrons. The molecule has 2 saturated heterocycles. The summed E-state index contributed by atoms with van der Waals surface area (Å²) in [5.74, 6) is 0.198. The van der Waals surface area contributed by atoms with Crippen molar-refractivity contribution in [2.45, 2.75) is 44.7 Å². The molecule has 1 aromatic rings. The van der Waals surface area contributed by atoms with Crippen molar-refractivity contribution in [3.8, 4) is 0 Å². The zero-order chi connectivity index (χ0) is 18.9. The van der Waals surface area contributed by atoms with E-state index >= 15 is 0 Å². The Morgan fingerprint density at radius 2 is 1.81 bits per heavy atom. The van der Waals surface area contributed by atoms with E-state index in [4.69, 9.17) is 0 Å². The van der Waals surface area contributed by atoms with Crippen LogP contribution in [0.5, 0.6) is 0 Å². The lowest BCUT2D eigenvalue weighted by Crippen LogP contribution is -2.55. The molecule has 0 unspecified atom stereocenters. The van der Waals surface area contributed by atoms with Crippen molar-refractivity contribution in [1.82, 2.24) is 25.0 Å². The third-order valence-corrected chi connectivity index (χ3v) is 6.46. The van der Waals surface area contributed by atoms with Crippen LogP contribution in [0.3, 0.4) is 0 Å². The third-order valence-electron chi connectivity index (χ3n) is 6.46. The van der Waals surface area contributed by atoms with E-state index < -0.39 is 5.54 Å². The normalized spacial score (nSPS) is 30.1.